The molecule has 0 aromatic rings. The molecule has 0 bridgehead atoms. The Kier molecular flexibility index (Phi) is 6.59. The van der Waals surface area contributed by atoms with Crippen molar-refractivity contribution >= 4 is 0 Å². The van der Waals surface area contributed by atoms with Crippen molar-refractivity contribution in [1.29, 1.82) is 0 Å². The highest BCUT2D eigenvalue weighted by Gasteiger charge is 2.35. The van der Waals surface area contributed by atoms with Crippen LogP contribution in [0.1, 0.15) is 85.5 Å². The summed E-state index contributed by atoms with van der Waals surface area (Å²) in [6, 6.07) is 0. The van der Waals surface area contributed by atoms with Crippen LogP contribution in [0.25, 0.3) is 0 Å². The summed E-state index contributed by atoms with van der Waals surface area (Å²) in [7, 11) is 0. The molecule has 2 fully saturated rings. The van der Waals surface area contributed by atoms with Crippen molar-refractivity contribution in [2.24, 2.45) is 29.1 Å². The average Bonchev–Trinajstić information content (AvgIpc) is 2.41. The van der Waals surface area contributed by atoms with Gasteiger partial charge in [0, 0.05) is 0 Å². The highest BCUT2D eigenvalue weighted by atomic mass is 14.9. The van der Waals surface area contributed by atoms with Crippen LogP contribution in [0.2, 0.25) is 0 Å². The lowest BCUT2D eigenvalue weighted by molar-refractivity contribution is 0.0902. The highest BCUT2D eigenvalue weighted by molar-refractivity contribution is 4.87. The van der Waals surface area contributed by atoms with Crippen LogP contribution in [-0.4, -0.2) is 13.1 Å². The van der Waals surface area contributed by atoms with Gasteiger partial charge in [-0.3, -0.25) is 0 Å². The van der Waals surface area contributed by atoms with Crippen molar-refractivity contribution in [3.63, 3.8) is 0 Å². The third-order valence-electron chi connectivity index (χ3n) is 5.99. The van der Waals surface area contributed by atoms with Gasteiger partial charge in [-0.2, -0.15) is 0 Å². The van der Waals surface area contributed by atoms with E-state index in [-0.39, 0.29) is 0 Å². The van der Waals surface area contributed by atoms with Gasteiger partial charge in [-0.05, 0) is 67.9 Å². The van der Waals surface area contributed by atoms with E-state index in [0.29, 0.717) is 5.41 Å². The molecule has 2 aliphatic rings. The molecule has 0 aromatic heterocycles. The van der Waals surface area contributed by atoms with E-state index in [1.807, 2.05) is 0 Å². The maximum absolute atomic E-state index is 3.75. The summed E-state index contributed by atoms with van der Waals surface area (Å²) in [5, 5.41) is 3.75. The van der Waals surface area contributed by atoms with Gasteiger partial charge >= 0.3 is 0 Å². The average molecular weight is 294 g/mol. The Morgan fingerprint density at radius 2 is 1.71 bits per heavy atom. The van der Waals surface area contributed by atoms with Crippen molar-refractivity contribution in [1.82, 2.24) is 5.32 Å². The normalized spacial score (nSPS) is 30.7. The summed E-state index contributed by atoms with van der Waals surface area (Å²) in [5.74, 6) is 3.75. The monoisotopic (exact) mass is 293 g/mol. The Morgan fingerprint density at radius 1 is 1.00 bits per heavy atom. The molecular weight excluding hydrogens is 254 g/mol. The van der Waals surface area contributed by atoms with Crippen molar-refractivity contribution < 1.29 is 0 Å². The fraction of sp³-hybridized carbons (Fsp3) is 1.00. The Hall–Kier alpha value is -0.0400. The van der Waals surface area contributed by atoms with Crippen LogP contribution >= 0.6 is 0 Å². The van der Waals surface area contributed by atoms with E-state index in [0.717, 1.165) is 23.7 Å². The predicted octanol–water partition coefficient (Wildman–Crippen LogP) is 5.64. The van der Waals surface area contributed by atoms with Crippen molar-refractivity contribution in [2.75, 3.05) is 13.1 Å². The Bertz CT molecular complexity index is 288. The Labute approximate surface area is 133 Å². The van der Waals surface area contributed by atoms with Crippen molar-refractivity contribution in [3.8, 4) is 0 Å². The first-order valence-corrected chi connectivity index (χ1v) is 9.67. The molecule has 2 aliphatic carbocycles. The summed E-state index contributed by atoms with van der Waals surface area (Å²) in [4.78, 5) is 0. The van der Waals surface area contributed by atoms with Gasteiger partial charge in [-0.1, -0.05) is 59.8 Å². The molecular formula is C20H39N. The molecule has 0 amide bonds. The fourth-order valence-corrected chi connectivity index (χ4v) is 4.74. The van der Waals surface area contributed by atoms with Gasteiger partial charge in [-0.15, -0.1) is 0 Å². The summed E-state index contributed by atoms with van der Waals surface area (Å²) in [6.07, 6.45) is 13.4. The van der Waals surface area contributed by atoms with Gasteiger partial charge in [0.05, 0.1) is 0 Å². The third kappa shape index (κ3) is 5.93. The lowest BCUT2D eigenvalue weighted by atomic mass is 9.64. The summed E-state index contributed by atoms with van der Waals surface area (Å²) >= 11 is 0. The van der Waals surface area contributed by atoms with Gasteiger partial charge in [0.1, 0.15) is 0 Å². The number of rotatable bonds is 6. The van der Waals surface area contributed by atoms with Crippen LogP contribution < -0.4 is 5.32 Å². The standard InChI is InChI=1S/C20H39N/c1-16(2)14-21-15-18-10-11-20(3,4)13-19(18)12-17-8-6-5-7-9-17/h16-19,21H,5-15H2,1-4H3. The quantitative estimate of drug-likeness (QED) is 0.667. The molecule has 2 unspecified atom stereocenters. The zero-order valence-electron chi connectivity index (χ0n) is 15.1. The lowest BCUT2D eigenvalue weighted by Gasteiger charge is -2.43. The predicted molar refractivity (Wildman–Crippen MR) is 93.5 cm³/mol. The summed E-state index contributed by atoms with van der Waals surface area (Å²) in [6.45, 7) is 12.1. The van der Waals surface area contributed by atoms with Gasteiger partial charge in [0.15, 0.2) is 0 Å². The second-order valence-corrected chi connectivity index (χ2v) is 9.22. The largest absolute Gasteiger partial charge is 0.316 e. The van der Waals surface area contributed by atoms with Gasteiger partial charge in [-0.25, -0.2) is 0 Å². The number of hydrogen-bond donors (Lipinski definition) is 1. The molecule has 2 atom stereocenters. The van der Waals surface area contributed by atoms with E-state index < -0.39 is 0 Å². The first-order valence-electron chi connectivity index (χ1n) is 9.67. The minimum atomic E-state index is 0.591. The Morgan fingerprint density at radius 3 is 2.38 bits per heavy atom. The zero-order chi connectivity index (χ0) is 15.3. The molecule has 1 heteroatoms. The first kappa shape index (κ1) is 17.3. The molecule has 21 heavy (non-hydrogen) atoms. The van der Waals surface area contributed by atoms with E-state index in [2.05, 4.69) is 33.0 Å². The molecule has 1 nitrogen and oxygen atoms in total. The molecule has 1 N–H and O–H groups in total. The second kappa shape index (κ2) is 7.99. The highest BCUT2D eigenvalue weighted by Crippen LogP contribution is 2.45. The smallest absolute Gasteiger partial charge is 0.00177 e. The molecule has 2 rings (SSSR count). The second-order valence-electron chi connectivity index (χ2n) is 9.22. The molecule has 124 valence electrons. The molecule has 0 aromatic carbocycles. The first-order chi connectivity index (χ1) is 9.96. The van der Waals surface area contributed by atoms with Crippen molar-refractivity contribution in [3.05, 3.63) is 0 Å². The molecule has 0 saturated heterocycles. The maximum atomic E-state index is 3.75. The Balaban J connectivity index is 1.86. The summed E-state index contributed by atoms with van der Waals surface area (Å²) in [5.41, 5.74) is 0.591. The topological polar surface area (TPSA) is 12.0 Å². The van der Waals surface area contributed by atoms with Gasteiger partial charge in [0.2, 0.25) is 0 Å². The van der Waals surface area contributed by atoms with E-state index in [1.54, 1.807) is 0 Å². The molecule has 0 heterocycles. The molecule has 0 aliphatic heterocycles. The summed E-state index contributed by atoms with van der Waals surface area (Å²) < 4.78 is 0. The lowest BCUT2D eigenvalue weighted by Crippen LogP contribution is -2.38. The SMILES string of the molecule is CC(C)CNCC1CCC(C)(C)CC1CC1CCCCC1. The zero-order valence-corrected chi connectivity index (χ0v) is 15.1. The minimum absolute atomic E-state index is 0.591. The van der Waals surface area contributed by atoms with Crippen LogP contribution in [-0.2, 0) is 0 Å². The molecule has 0 radical (unpaired) electrons. The van der Waals surface area contributed by atoms with Crippen LogP contribution in [0, 0.1) is 29.1 Å². The van der Waals surface area contributed by atoms with Crippen LogP contribution in [0.4, 0.5) is 0 Å². The van der Waals surface area contributed by atoms with Crippen LogP contribution in [0.3, 0.4) is 0 Å². The van der Waals surface area contributed by atoms with Crippen LogP contribution in [0.5, 0.6) is 0 Å². The van der Waals surface area contributed by atoms with Crippen molar-refractivity contribution in [2.45, 2.75) is 85.5 Å². The van der Waals surface area contributed by atoms with Gasteiger partial charge < -0.3 is 5.32 Å². The van der Waals surface area contributed by atoms with E-state index >= 15 is 0 Å². The number of nitrogens with one attached hydrogen (secondary N) is 1. The van der Waals surface area contributed by atoms with Gasteiger partial charge in [0.25, 0.3) is 0 Å². The van der Waals surface area contributed by atoms with E-state index in [4.69, 9.17) is 0 Å². The molecule has 2 saturated carbocycles. The maximum Gasteiger partial charge on any atom is -0.00177 e. The minimum Gasteiger partial charge on any atom is -0.316 e. The van der Waals surface area contributed by atoms with Crippen LogP contribution in [0.15, 0.2) is 0 Å². The fourth-order valence-electron chi connectivity index (χ4n) is 4.74. The van der Waals surface area contributed by atoms with E-state index in [1.165, 1.54) is 70.9 Å². The molecule has 0 spiro atoms. The van der Waals surface area contributed by atoms with E-state index in [9.17, 15) is 0 Å². The number of hydrogen-bond acceptors (Lipinski definition) is 1. The third-order valence-corrected chi connectivity index (χ3v) is 5.99.